The standard InChI is InChI=1S/C23H24N2O4/c1-13(2)19-18(28-4)10-14(3)20-21(19)17(11-24)25(22(20)26)12-15-6-8-16(9-7-15)23(27)29-5/h6-10,13,17H,12H2,1-5H3. The maximum absolute atomic E-state index is 13.2. The molecule has 0 N–H and O–H groups in total. The number of carbonyl (C=O) groups excluding carboxylic acids is 2. The maximum atomic E-state index is 13.2. The predicted molar refractivity (Wildman–Crippen MR) is 108 cm³/mol. The number of amides is 1. The lowest BCUT2D eigenvalue weighted by molar-refractivity contribution is 0.0600. The summed E-state index contributed by atoms with van der Waals surface area (Å²) in [7, 11) is 2.93. The van der Waals surface area contributed by atoms with Crippen LogP contribution >= 0.6 is 0 Å². The minimum Gasteiger partial charge on any atom is -0.496 e. The molecule has 0 spiro atoms. The summed E-state index contributed by atoms with van der Waals surface area (Å²) < 4.78 is 10.3. The number of hydrogen-bond acceptors (Lipinski definition) is 5. The van der Waals surface area contributed by atoms with Gasteiger partial charge in [-0.15, -0.1) is 0 Å². The van der Waals surface area contributed by atoms with Crippen molar-refractivity contribution in [2.75, 3.05) is 14.2 Å². The predicted octanol–water partition coefficient (Wildman–Crippen LogP) is 4.13. The van der Waals surface area contributed by atoms with E-state index >= 15 is 0 Å². The molecule has 6 heteroatoms. The Balaban J connectivity index is 2.03. The molecular formula is C23H24N2O4. The molecule has 29 heavy (non-hydrogen) atoms. The highest BCUT2D eigenvalue weighted by Crippen LogP contribution is 2.44. The molecule has 1 aliphatic rings. The molecule has 2 aromatic rings. The van der Waals surface area contributed by atoms with Gasteiger partial charge < -0.3 is 14.4 Å². The summed E-state index contributed by atoms with van der Waals surface area (Å²) in [6, 6.07) is 10.3. The summed E-state index contributed by atoms with van der Waals surface area (Å²) in [5, 5.41) is 9.94. The number of ether oxygens (including phenoxy) is 2. The van der Waals surface area contributed by atoms with Crippen LogP contribution in [-0.4, -0.2) is 31.0 Å². The van der Waals surface area contributed by atoms with Crippen LogP contribution in [0.2, 0.25) is 0 Å². The van der Waals surface area contributed by atoms with E-state index < -0.39 is 12.0 Å². The summed E-state index contributed by atoms with van der Waals surface area (Å²) in [5.41, 5.74) is 4.30. The van der Waals surface area contributed by atoms with Gasteiger partial charge in [-0.3, -0.25) is 4.79 Å². The van der Waals surface area contributed by atoms with Crippen LogP contribution in [0.5, 0.6) is 5.75 Å². The first-order chi connectivity index (χ1) is 13.8. The number of hydrogen-bond donors (Lipinski definition) is 0. The number of aryl methyl sites for hydroxylation is 1. The average Bonchev–Trinajstić information content (AvgIpc) is 2.99. The van der Waals surface area contributed by atoms with Gasteiger partial charge >= 0.3 is 5.97 Å². The third-order valence-corrected chi connectivity index (χ3v) is 5.27. The van der Waals surface area contributed by atoms with Gasteiger partial charge in [0.1, 0.15) is 11.8 Å². The number of nitriles is 1. The van der Waals surface area contributed by atoms with Crippen LogP contribution in [0.4, 0.5) is 0 Å². The molecule has 3 rings (SSSR count). The van der Waals surface area contributed by atoms with Crippen molar-refractivity contribution >= 4 is 11.9 Å². The normalized spacial score (nSPS) is 15.3. The van der Waals surface area contributed by atoms with E-state index in [1.807, 2.05) is 26.8 Å². The molecule has 150 valence electrons. The second kappa shape index (κ2) is 7.96. The number of carbonyl (C=O) groups is 2. The first-order valence-electron chi connectivity index (χ1n) is 9.43. The third kappa shape index (κ3) is 3.44. The van der Waals surface area contributed by atoms with E-state index in [2.05, 4.69) is 6.07 Å². The van der Waals surface area contributed by atoms with Gasteiger partial charge in [-0.05, 0) is 42.2 Å². The molecular weight excluding hydrogens is 368 g/mol. The molecule has 0 bridgehead atoms. The number of benzene rings is 2. The Hall–Kier alpha value is -3.33. The summed E-state index contributed by atoms with van der Waals surface area (Å²) in [4.78, 5) is 26.5. The fourth-order valence-electron chi connectivity index (χ4n) is 3.93. The van der Waals surface area contributed by atoms with Crippen LogP contribution in [0.15, 0.2) is 30.3 Å². The number of methoxy groups -OCH3 is 2. The largest absolute Gasteiger partial charge is 0.496 e. The Labute approximate surface area is 170 Å². The van der Waals surface area contributed by atoms with Gasteiger partial charge in [-0.2, -0.15) is 5.26 Å². The van der Waals surface area contributed by atoms with Gasteiger partial charge in [0.05, 0.1) is 25.9 Å². The van der Waals surface area contributed by atoms with Crippen molar-refractivity contribution in [3.8, 4) is 11.8 Å². The Kier molecular flexibility index (Phi) is 5.60. The fraction of sp³-hybridized carbons (Fsp3) is 0.348. The third-order valence-electron chi connectivity index (χ3n) is 5.27. The van der Waals surface area contributed by atoms with Crippen LogP contribution in [0.3, 0.4) is 0 Å². The molecule has 0 radical (unpaired) electrons. The average molecular weight is 392 g/mol. The first kappa shape index (κ1) is 20.4. The molecule has 1 aliphatic heterocycles. The number of fused-ring (bicyclic) bond motifs is 1. The van der Waals surface area contributed by atoms with E-state index in [1.54, 1.807) is 36.3 Å². The van der Waals surface area contributed by atoms with Crippen LogP contribution in [0.25, 0.3) is 0 Å². The highest BCUT2D eigenvalue weighted by Gasteiger charge is 2.41. The first-order valence-corrected chi connectivity index (χ1v) is 9.43. The van der Waals surface area contributed by atoms with Crippen molar-refractivity contribution in [1.29, 1.82) is 5.26 Å². The van der Waals surface area contributed by atoms with E-state index in [0.717, 1.165) is 22.3 Å². The van der Waals surface area contributed by atoms with Crippen molar-refractivity contribution in [1.82, 2.24) is 4.90 Å². The SMILES string of the molecule is COC(=O)c1ccc(CN2C(=O)c3c(C)cc(OC)c(C(C)C)c3C2C#N)cc1. The molecule has 0 saturated heterocycles. The highest BCUT2D eigenvalue weighted by atomic mass is 16.5. The van der Waals surface area contributed by atoms with Gasteiger partial charge in [0.15, 0.2) is 0 Å². The minimum atomic E-state index is -0.691. The number of esters is 1. The van der Waals surface area contributed by atoms with Crippen LogP contribution < -0.4 is 4.74 Å². The lowest BCUT2D eigenvalue weighted by Gasteiger charge is -2.22. The lowest BCUT2D eigenvalue weighted by Crippen LogP contribution is -2.27. The molecule has 6 nitrogen and oxygen atoms in total. The van der Waals surface area contributed by atoms with E-state index in [-0.39, 0.29) is 18.4 Å². The Morgan fingerprint density at radius 2 is 1.90 bits per heavy atom. The van der Waals surface area contributed by atoms with Crippen molar-refractivity contribution in [3.63, 3.8) is 0 Å². The van der Waals surface area contributed by atoms with Gasteiger partial charge in [-0.25, -0.2) is 4.79 Å². The van der Waals surface area contributed by atoms with Gasteiger partial charge in [0.25, 0.3) is 5.91 Å². The molecule has 0 saturated carbocycles. The zero-order valence-electron chi connectivity index (χ0n) is 17.3. The zero-order chi connectivity index (χ0) is 21.3. The Bertz CT molecular complexity index is 1000. The lowest BCUT2D eigenvalue weighted by atomic mass is 9.88. The second-order valence-corrected chi connectivity index (χ2v) is 7.41. The number of nitrogens with zero attached hydrogens (tertiary/aromatic N) is 2. The van der Waals surface area contributed by atoms with Crippen LogP contribution in [0, 0.1) is 18.3 Å². The Morgan fingerprint density at radius 3 is 2.41 bits per heavy atom. The smallest absolute Gasteiger partial charge is 0.337 e. The van der Waals surface area contributed by atoms with Crippen LogP contribution in [-0.2, 0) is 11.3 Å². The second-order valence-electron chi connectivity index (χ2n) is 7.41. The molecule has 2 aromatic carbocycles. The quantitative estimate of drug-likeness (QED) is 0.715. The van der Waals surface area contributed by atoms with Crippen molar-refractivity contribution in [3.05, 3.63) is 63.7 Å². The van der Waals surface area contributed by atoms with E-state index in [1.165, 1.54) is 7.11 Å². The molecule has 1 heterocycles. The summed E-state index contributed by atoms with van der Waals surface area (Å²) in [6.45, 7) is 6.19. The van der Waals surface area contributed by atoms with Crippen molar-refractivity contribution in [2.45, 2.75) is 39.3 Å². The Morgan fingerprint density at radius 1 is 1.24 bits per heavy atom. The molecule has 0 aromatic heterocycles. The van der Waals surface area contributed by atoms with Crippen molar-refractivity contribution < 1.29 is 19.1 Å². The van der Waals surface area contributed by atoms with Gasteiger partial charge in [0, 0.05) is 23.2 Å². The molecule has 1 atom stereocenters. The van der Waals surface area contributed by atoms with E-state index in [0.29, 0.717) is 16.9 Å². The molecule has 0 aliphatic carbocycles. The van der Waals surface area contributed by atoms with E-state index in [4.69, 9.17) is 9.47 Å². The molecule has 1 unspecified atom stereocenters. The fourth-order valence-corrected chi connectivity index (χ4v) is 3.93. The van der Waals surface area contributed by atoms with Gasteiger partial charge in [-0.1, -0.05) is 26.0 Å². The van der Waals surface area contributed by atoms with Crippen LogP contribution in [0.1, 0.15) is 68.8 Å². The summed E-state index contributed by atoms with van der Waals surface area (Å²) >= 11 is 0. The van der Waals surface area contributed by atoms with Gasteiger partial charge in [0.2, 0.25) is 0 Å². The molecule has 1 amide bonds. The van der Waals surface area contributed by atoms with E-state index in [9.17, 15) is 14.9 Å². The van der Waals surface area contributed by atoms with Crippen molar-refractivity contribution in [2.24, 2.45) is 0 Å². The zero-order valence-corrected chi connectivity index (χ0v) is 17.3. The highest BCUT2D eigenvalue weighted by molar-refractivity contribution is 6.02. The summed E-state index contributed by atoms with van der Waals surface area (Å²) in [6.07, 6.45) is 0. The monoisotopic (exact) mass is 392 g/mol. The minimum absolute atomic E-state index is 0.0993. The topological polar surface area (TPSA) is 79.6 Å². The number of rotatable bonds is 5. The molecule has 0 fully saturated rings. The maximum Gasteiger partial charge on any atom is 0.337 e. The summed E-state index contributed by atoms with van der Waals surface area (Å²) in [5.74, 6) is 0.224.